The largest absolute Gasteiger partial charge is 0.395 e. The Morgan fingerprint density at radius 1 is 1.30 bits per heavy atom. The first-order chi connectivity index (χ1) is 9.58. The molecule has 1 aliphatic rings. The summed E-state index contributed by atoms with van der Waals surface area (Å²) in [5.74, 6) is -0.0416. The normalized spacial score (nSPS) is 14.2. The van der Waals surface area contributed by atoms with Crippen LogP contribution in [0.5, 0.6) is 0 Å². The predicted molar refractivity (Wildman–Crippen MR) is 77.2 cm³/mol. The van der Waals surface area contributed by atoms with Gasteiger partial charge in [0.15, 0.2) is 0 Å². The first-order valence-corrected chi connectivity index (χ1v) is 6.73. The maximum atomic E-state index is 12.6. The van der Waals surface area contributed by atoms with Crippen LogP contribution in [0.3, 0.4) is 0 Å². The van der Waals surface area contributed by atoms with Gasteiger partial charge in [-0.25, -0.2) is 0 Å². The third-order valence-electron chi connectivity index (χ3n) is 3.89. The average Bonchev–Trinajstić information content (AvgIpc) is 2.71. The Morgan fingerprint density at radius 2 is 2.00 bits per heavy atom. The number of amides is 1. The van der Waals surface area contributed by atoms with E-state index in [1.165, 1.54) is 11.1 Å². The highest BCUT2D eigenvalue weighted by Gasteiger charge is 2.26. The predicted octanol–water partition coefficient (Wildman–Crippen LogP) is 1.51. The summed E-state index contributed by atoms with van der Waals surface area (Å²) in [5.41, 5.74) is 10.2. The summed E-state index contributed by atoms with van der Waals surface area (Å²) in [7, 11) is 1.76. The summed E-state index contributed by atoms with van der Waals surface area (Å²) in [6.45, 7) is 3.18. The Hall–Kier alpha value is -2.30. The molecule has 0 fully saturated rings. The van der Waals surface area contributed by atoms with Crippen LogP contribution in [0.25, 0.3) is 0 Å². The molecule has 1 aromatic heterocycles. The van der Waals surface area contributed by atoms with E-state index in [1.807, 2.05) is 24.0 Å². The van der Waals surface area contributed by atoms with Crippen molar-refractivity contribution in [1.29, 1.82) is 0 Å². The molecule has 0 saturated carbocycles. The number of benzene rings is 1. The molecule has 0 saturated heterocycles. The van der Waals surface area contributed by atoms with Gasteiger partial charge in [0.05, 0.1) is 11.4 Å². The third kappa shape index (κ3) is 1.95. The van der Waals surface area contributed by atoms with E-state index in [0.717, 1.165) is 13.0 Å². The van der Waals surface area contributed by atoms with Gasteiger partial charge in [-0.1, -0.05) is 24.3 Å². The maximum Gasteiger partial charge on any atom is 0.274 e. The lowest BCUT2D eigenvalue weighted by Crippen LogP contribution is -2.37. The molecule has 0 unspecified atom stereocenters. The highest BCUT2D eigenvalue weighted by Crippen LogP contribution is 2.23. The molecule has 3 rings (SSSR count). The van der Waals surface area contributed by atoms with Gasteiger partial charge in [0.2, 0.25) is 0 Å². The molecule has 1 amide bonds. The van der Waals surface area contributed by atoms with Gasteiger partial charge in [-0.3, -0.25) is 9.48 Å². The Balaban J connectivity index is 1.90. The second-order valence-electron chi connectivity index (χ2n) is 5.22. The van der Waals surface area contributed by atoms with E-state index in [9.17, 15) is 4.79 Å². The molecule has 2 N–H and O–H groups in total. The zero-order valence-corrected chi connectivity index (χ0v) is 11.8. The van der Waals surface area contributed by atoms with Crippen molar-refractivity contribution in [2.45, 2.75) is 19.9 Å². The molecule has 2 aromatic rings. The van der Waals surface area contributed by atoms with Crippen molar-refractivity contribution in [3.63, 3.8) is 0 Å². The Morgan fingerprint density at radius 3 is 2.65 bits per heavy atom. The van der Waals surface area contributed by atoms with Crippen molar-refractivity contribution in [1.82, 2.24) is 14.7 Å². The summed E-state index contributed by atoms with van der Waals surface area (Å²) in [5, 5.41) is 4.21. The molecule has 0 radical (unpaired) electrons. The standard InChI is InChI=1S/C15H18N4O/c1-10-13(16)14(18(2)17-10)15(20)19-8-7-11-5-3-4-6-12(11)9-19/h3-6H,7-9,16H2,1-2H3. The fourth-order valence-corrected chi connectivity index (χ4v) is 2.75. The number of aromatic nitrogens is 2. The van der Waals surface area contributed by atoms with Crippen LogP contribution in [0.2, 0.25) is 0 Å². The summed E-state index contributed by atoms with van der Waals surface area (Å²) in [6.07, 6.45) is 0.888. The first kappa shape index (κ1) is 12.7. The molecule has 104 valence electrons. The minimum atomic E-state index is -0.0416. The Bertz CT molecular complexity index is 675. The van der Waals surface area contributed by atoms with Crippen LogP contribution in [-0.4, -0.2) is 27.1 Å². The van der Waals surface area contributed by atoms with Crippen molar-refractivity contribution in [2.75, 3.05) is 12.3 Å². The van der Waals surface area contributed by atoms with Crippen molar-refractivity contribution >= 4 is 11.6 Å². The quantitative estimate of drug-likeness (QED) is 0.854. The number of hydrogen-bond acceptors (Lipinski definition) is 3. The fraction of sp³-hybridized carbons (Fsp3) is 0.333. The SMILES string of the molecule is Cc1nn(C)c(C(=O)N2CCc3ccccc3C2)c1N. The van der Waals surface area contributed by atoms with Gasteiger partial charge < -0.3 is 10.6 Å². The van der Waals surface area contributed by atoms with Gasteiger partial charge in [0.25, 0.3) is 5.91 Å². The van der Waals surface area contributed by atoms with Gasteiger partial charge in [-0.15, -0.1) is 0 Å². The highest BCUT2D eigenvalue weighted by atomic mass is 16.2. The molecule has 0 bridgehead atoms. The van der Waals surface area contributed by atoms with Crippen molar-refractivity contribution in [3.05, 3.63) is 46.8 Å². The zero-order valence-electron chi connectivity index (χ0n) is 11.8. The summed E-state index contributed by atoms with van der Waals surface area (Å²) in [4.78, 5) is 14.5. The molecule has 1 aromatic carbocycles. The number of hydrogen-bond donors (Lipinski definition) is 1. The number of nitrogens with two attached hydrogens (primary N) is 1. The molecule has 20 heavy (non-hydrogen) atoms. The average molecular weight is 270 g/mol. The minimum absolute atomic E-state index is 0.0416. The molecule has 0 spiro atoms. The lowest BCUT2D eigenvalue weighted by Gasteiger charge is -2.28. The topological polar surface area (TPSA) is 64.2 Å². The second kappa shape index (κ2) is 4.67. The summed E-state index contributed by atoms with van der Waals surface area (Å²) >= 11 is 0. The van der Waals surface area contributed by atoms with Crippen LogP contribution in [-0.2, 0) is 20.0 Å². The number of fused-ring (bicyclic) bond motifs is 1. The lowest BCUT2D eigenvalue weighted by molar-refractivity contribution is 0.0724. The van der Waals surface area contributed by atoms with E-state index in [0.29, 0.717) is 23.6 Å². The van der Waals surface area contributed by atoms with Gasteiger partial charge >= 0.3 is 0 Å². The summed E-state index contributed by atoms with van der Waals surface area (Å²) < 4.78 is 1.58. The minimum Gasteiger partial charge on any atom is -0.395 e. The van der Waals surface area contributed by atoms with E-state index in [2.05, 4.69) is 17.2 Å². The van der Waals surface area contributed by atoms with E-state index in [4.69, 9.17) is 5.73 Å². The number of carbonyl (C=O) groups excluding carboxylic acids is 1. The van der Waals surface area contributed by atoms with E-state index >= 15 is 0 Å². The number of anilines is 1. The monoisotopic (exact) mass is 270 g/mol. The molecule has 2 heterocycles. The van der Waals surface area contributed by atoms with Crippen LogP contribution in [0.4, 0.5) is 5.69 Å². The van der Waals surface area contributed by atoms with Gasteiger partial charge in [0, 0.05) is 20.1 Å². The lowest BCUT2D eigenvalue weighted by atomic mass is 9.99. The number of aryl methyl sites for hydroxylation is 2. The first-order valence-electron chi connectivity index (χ1n) is 6.73. The number of nitrogen functional groups attached to an aromatic ring is 1. The Kier molecular flexibility index (Phi) is 2.97. The number of nitrogens with zero attached hydrogens (tertiary/aromatic N) is 3. The van der Waals surface area contributed by atoms with Crippen LogP contribution >= 0.6 is 0 Å². The highest BCUT2D eigenvalue weighted by molar-refractivity contribution is 5.98. The van der Waals surface area contributed by atoms with Gasteiger partial charge in [-0.2, -0.15) is 5.10 Å². The van der Waals surface area contributed by atoms with Crippen LogP contribution in [0.15, 0.2) is 24.3 Å². The molecule has 0 aliphatic carbocycles. The van der Waals surface area contributed by atoms with Crippen LogP contribution in [0.1, 0.15) is 27.3 Å². The van der Waals surface area contributed by atoms with E-state index in [1.54, 1.807) is 11.7 Å². The number of carbonyl (C=O) groups is 1. The summed E-state index contributed by atoms with van der Waals surface area (Å²) in [6, 6.07) is 8.25. The third-order valence-corrected chi connectivity index (χ3v) is 3.89. The van der Waals surface area contributed by atoms with Crippen LogP contribution < -0.4 is 5.73 Å². The van der Waals surface area contributed by atoms with Crippen LogP contribution in [0, 0.1) is 6.92 Å². The van der Waals surface area contributed by atoms with Gasteiger partial charge in [0.1, 0.15) is 5.69 Å². The van der Waals surface area contributed by atoms with Crippen molar-refractivity contribution in [2.24, 2.45) is 7.05 Å². The maximum absolute atomic E-state index is 12.6. The fourth-order valence-electron chi connectivity index (χ4n) is 2.75. The molecule has 5 nitrogen and oxygen atoms in total. The molecular formula is C15H18N4O. The molecule has 0 atom stereocenters. The zero-order chi connectivity index (χ0) is 14.3. The van der Waals surface area contributed by atoms with Crippen molar-refractivity contribution in [3.8, 4) is 0 Å². The van der Waals surface area contributed by atoms with Gasteiger partial charge in [-0.05, 0) is 24.5 Å². The molecule has 5 heteroatoms. The smallest absolute Gasteiger partial charge is 0.274 e. The van der Waals surface area contributed by atoms with E-state index < -0.39 is 0 Å². The number of rotatable bonds is 1. The second-order valence-corrected chi connectivity index (χ2v) is 5.22. The van der Waals surface area contributed by atoms with E-state index in [-0.39, 0.29) is 5.91 Å². The Labute approximate surface area is 118 Å². The molecule has 1 aliphatic heterocycles. The van der Waals surface area contributed by atoms with Crippen molar-refractivity contribution < 1.29 is 4.79 Å². The molecular weight excluding hydrogens is 252 g/mol.